The van der Waals surface area contributed by atoms with Crippen LogP contribution in [0.1, 0.15) is 71.7 Å². The Balaban J connectivity index is 1.54. The summed E-state index contributed by atoms with van der Waals surface area (Å²) < 4.78 is 0. The number of aromatic amines is 2. The average Bonchev–Trinajstić information content (AvgIpc) is 3.54. The number of hydrogen-bond acceptors (Lipinski definition) is 5. The molecule has 0 saturated carbocycles. The number of carboxylic acid groups (broad SMARTS) is 2. The molecule has 11 nitrogen and oxygen atoms in total. The summed E-state index contributed by atoms with van der Waals surface area (Å²) in [6, 6.07) is -0.236. The van der Waals surface area contributed by atoms with Crippen molar-refractivity contribution in [1.29, 1.82) is 0 Å². The van der Waals surface area contributed by atoms with Crippen LogP contribution in [0.3, 0.4) is 0 Å². The first-order valence-electron chi connectivity index (χ1n) is 15.2. The number of aliphatic carboxylic acids is 2. The zero-order valence-corrected chi connectivity index (χ0v) is 26.9. The predicted molar refractivity (Wildman–Crippen MR) is 172 cm³/mol. The molecule has 45 heavy (non-hydrogen) atoms. The zero-order valence-electron chi connectivity index (χ0n) is 26.0. The van der Waals surface area contributed by atoms with Crippen LogP contribution in [0.2, 0.25) is 0 Å². The Labute approximate surface area is 265 Å². The number of allylic oxidation sites excluding steroid dienone is 1. The second-order valence-electron chi connectivity index (χ2n) is 12.3. The van der Waals surface area contributed by atoms with E-state index in [1.54, 1.807) is 6.08 Å². The number of nitrogens with one attached hydrogen (secondary N) is 4. The van der Waals surface area contributed by atoms with Crippen molar-refractivity contribution < 1.29 is 34.5 Å². The molecule has 0 aromatic carbocycles. The van der Waals surface area contributed by atoms with E-state index < -0.39 is 11.9 Å². The summed E-state index contributed by atoms with van der Waals surface area (Å²) in [5, 5.41) is 36.7. The molecule has 2 aromatic rings. The van der Waals surface area contributed by atoms with E-state index in [9.17, 15) is 34.5 Å². The number of amides is 2. The second-order valence-corrected chi connectivity index (χ2v) is 13.7. The normalized spacial score (nSPS) is 23.7. The molecule has 7 N–H and O–H groups in total. The maximum atomic E-state index is 12.6. The minimum Gasteiger partial charge on any atom is -0.504 e. The number of thiol groups is 1. The maximum Gasteiger partial charge on any atom is 0.303 e. The quantitative estimate of drug-likeness (QED) is 0.0762. The van der Waals surface area contributed by atoms with Crippen LogP contribution in [0.15, 0.2) is 29.5 Å². The molecule has 2 saturated heterocycles. The van der Waals surface area contributed by atoms with E-state index in [2.05, 4.69) is 27.2 Å². The van der Waals surface area contributed by atoms with E-state index in [0.717, 1.165) is 39.4 Å². The van der Waals surface area contributed by atoms with Crippen molar-refractivity contribution in [2.45, 2.75) is 77.5 Å². The van der Waals surface area contributed by atoms with Crippen molar-refractivity contribution in [1.82, 2.24) is 20.6 Å². The summed E-state index contributed by atoms with van der Waals surface area (Å²) >= 11 is 1.25. The van der Waals surface area contributed by atoms with Crippen molar-refractivity contribution in [2.75, 3.05) is 5.75 Å². The van der Waals surface area contributed by atoms with Gasteiger partial charge in [0.25, 0.3) is 5.91 Å². The highest BCUT2D eigenvalue weighted by Crippen LogP contribution is 2.40. The highest BCUT2D eigenvalue weighted by Gasteiger charge is 2.53. The number of hydrogen-bond donors (Lipinski definition) is 7. The number of carbonyl (C=O) groups excluding carboxylic acids is 2. The van der Waals surface area contributed by atoms with Crippen LogP contribution in [-0.4, -0.2) is 66.1 Å². The molecule has 240 valence electrons. The monoisotopic (exact) mass is 637 g/mol. The molecular weight excluding hydrogens is 596 g/mol. The third-order valence-electron chi connectivity index (χ3n) is 9.52. The fourth-order valence-corrected chi connectivity index (χ4v) is 7.78. The Morgan fingerprint density at radius 1 is 0.956 bits per heavy atom. The molecule has 2 fully saturated rings. The number of H-pyrrole nitrogens is 2. The molecule has 5 heterocycles. The van der Waals surface area contributed by atoms with Gasteiger partial charge in [-0.3, -0.25) is 19.2 Å². The van der Waals surface area contributed by atoms with Crippen LogP contribution in [0, 0.1) is 25.7 Å². The molecule has 0 bridgehead atoms. The van der Waals surface area contributed by atoms with Crippen LogP contribution in [0.5, 0.6) is 0 Å². The minimum absolute atomic E-state index is 0.0353. The van der Waals surface area contributed by atoms with Crippen molar-refractivity contribution in [3.05, 3.63) is 74.5 Å². The van der Waals surface area contributed by atoms with Crippen molar-refractivity contribution >= 4 is 41.3 Å². The van der Waals surface area contributed by atoms with E-state index in [1.165, 1.54) is 11.8 Å². The summed E-state index contributed by atoms with van der Waals surface area (Å²) in [6.45, 7) is 11.3. The summed E-state index contributed by atoms with van der Waals surface area (Å²) in [6.07, 6.45) is 2.67. The standard InChI is InChI=1S/C33H40N4O7S/c1-6-18-14(2)22(36-33(18)44)11-21-15(3)19(7-9-26(38)39)23(34-21)12-24-20(8-10-27(40)41)16(4)29(35-24)31(42)30-28(25-13-45-25)17(5)32(43)37-30/h6,17,22,25,28,34-35,42H,1,7-13H2,2-5H3,(H,36,44)(H,37,43)(H,38,39)(H,40,41)/p+1/b31-30+/t17-,22-,25-,28+/m1/s1. The first kappa shape index (κ1) is 32.2. The van der Waals surface area contributed by atoms with Gasteiger partial charge in [-0.25, -0.2) is 0 Å². The van der Waals surface area contributed by atoms with E-state index in [4.69, 9.17) is 0 Å². The van der Waals surface area contributed by atoms with E-state index in [0.29, 0.717) is 46.3 Å². The van der Waals surface area contributed by atoms with E-state index in [-0.39, 0.29) is 61.1 Å². The lowest BCUT2D eigenvalue weighted by atomic mass is 9.91. The van der Waals surface area contributed by atoms with Gasteiger partial charge in [0.1, 0.15) is 0 Å². The first-order valence-corrected chi connectivity index (χ1v) is 16.3. The van der Waals surface area contributed by atoms with Crippen LogP contribution in [-0.2, 0) is 56.6 Å². The molecule has 0 radical (unpaired) electrons. The molecule has 2 aromatic heterocycles. The average molecular weight is 638 g/mol. The van der Waals surface area contributed by atoms with Crippen LogP contribution in [0.25, 0.3) is 5.76 Å². The largest absolute Gasteiger partial charge is 0.504 e. The molecule has 0 unspecified atom stereocenters. The minimum atomic E-state index is -0.948. The summed E-state index contributed by atoms with van der Waals surface area (Å²) in [7, 11) is 0. The molecule has 2 amide bonds. The van der Waals surface area contributed by atoms with Crippen molar-refractivity contribution in [2.24, 2.45) is 11.8 Å². The smallest absolute Gasteiger partial charge is 0.303 e. The van der Waals surface area contributed by atoms with Gasteiger partial charge in [-0.2, -0.15) is 0 Å². The Morgan fingerprint density at radius 2 is 1.56 bits per heavy atom. The van der Waals surface area contributed by atoms with E-state index >= 15 is 0 Å². The highest BCUT2D eigenvalue weighted by molar-refractivity contribution is 7.86. The fraction of sp³-hybridized carbons (Fsp3) is 0.455. The van der Waals surface area contributed by atoms with Crippen molar-refractivity contribution in [3.8, 4) is 0 Å². The third kappa shape index (κ3) is 6.33. The second kappa shape index (κ2) is 12.7. The molecule has 0 spiro atoms. The number of aromatic nitrogens is 2. The van der Waals surface area contributed by atoms with Gasteiger partial charge in [0.15, 0.2) is 16.8 Å². The van der Waals surface area contributed by atoms with Gasteiger partial charge >= 0.3 is 11.9 Å². The Bertz CT molecular complexity index is 1660. The third-order valence-corrected chi connectivity index (χ3v) is 10.6. The van der Waals surface area contributed by atoms with Gasteiger partial charge in [-0.05, 0) is 73.2 Å². The molecule has 12 heteroatoms. The van der Waals surface area contributed by atoms with Crippen LogP contribution < -0.4 is 10.6 Å². The number of rotatable bonds is 13. The van der Waals surface area contributed by atoms with Gasteiger partial charge in [0, 0.05) is 54.3 Å². The van der Waals surface area contributed by atoms with E-state index in [1.807, 2.05) is 27.7 Å². The topological polar surface area (TPSA) is 185 Å². The van der Waals surface area contributed by atoms with Crippen molar-refractivity contribution in [3.63, 3.8) is 0 Å². The molecule has 4 atom stereocenters. The molecule has 5 rings (SSSR count). The number of carboxylic acids is 2. The predicted octanol–water partition coefficient (Wildman–Crippen LogP) is 2.93. The number of aliphatic hydroxyl groups is 1. The molecule has 3 aliphatic heterocycles. The molecular formula is C33H41N4O7S+. The lowest BCUT2D eigenvalue weighted by molar-refractivity contribution is -0.138. The SMILES string of the molecule is C=CC1=C(C)[C@@H](Cc2[nH]c(Cc3[nH]c(/C(O)=C4\NC(=O)[C@H](C)[C@H]4[C@H]4C[SH+]4)c(C)c3CCC(=O)O)c(CCC(=O)O)c2C)NC1=O. The Kier molecular flexibility index (Phi) is 9.06. The number of carbonyl (C=O) groups is 4. The van der Waals surface area contributed by atoms with Gasteiger partial charge in [0.05, 0.1) is 23.4 Å². The highest BCUT2D eigenvalue weighted by atomic mass is 32.2. The lowest BCUT2D eigenvalue weighted by Gasteiger charge is -2.12. The molecule has 0 aliphatic carbocycles. The summed E-state index contributed by atoms with van der Waals surface area (Å²) in [5.41, 5.74) is 7.98. The number of aliphatic hydroxyl groups excluding tert-OH is 1. The lowest BCUT2D eigenvalue weighted by Crippen LogP contribution is -2.30. The van der Waals surface area contributed by atoms with Gasteiger partial charge < -0.3 is 35.9 Å². The zero-order chi connectivity index (χ0) is 32.7. The van der Waals surface area contributed by atoms with Crippen LogP contribution >= 0.6 is 0 Å². The fourth-order valence-electron chi connectivity index (χ4n) is 6.80. The van der Waals surface area contributed by atoms with Gasteiger partial charge in [-0.15, -0.1) is 0 Å². The Hall–Kier alpha value is -4.19. The molecule has 3 aliphatic rings. The van der Waals surface area contributed by atoms with Gasteiger partial charge in [0.2, 0.25) is 5.91 Å². The Morgan fingerprint density at radius 3 is 2.11 bits per heavy atom. The van der Waals surface area contributed by atoms with Crippen LogP contribution in [0.4, 0.5) is 0 Å². The van der Waals surface area contributed by atoms with Gasteiger partial charge in [-0.1, -0.05) is 19.6 Å². The maximum absolute atomic E-state index is 12.6. The summed E-state index contributed by atoms with van der Waals surface area (Å²) in [5.74, 6) is -1.60. The first-order chi connectivity index (χ1) is 21.3. The summed E-state index contributed by atoms with van der Waals surface area (Å²) in [4.78, 5) is 55.0.